The Morgan fingerprint density at radius 1 is 1.15 bits per heavy atom. The zero-order valence-corrected chi connectivity index (χ0v) is 15.2. The fourth-order valence-corrected chi connectivity index (χ4v) is 4.76. The molecule has 3 aliphatic rings. The molecule has 2 aliphatic heterocycles. The van der Waals surface area contributed by atoms with Crippen molar-refractivity contribution < 1.29 is 19.8 Å². The number of benzene rings is 1. The zero-order chi connectivity index (χ0) is 18.6. The van der Waals surface area contributed by atoms with Gasteiger partial charge in [0.1, 0.15) is 0 Å². The molecule has 1 saturated carbocycles. The second kappa shape index (κ2) is 6.35. The third-order valence-corrected chi connectivity index (χ3v) is 6.55. The maximum absolute atomic E-state index is 12.8. The van der Waals surface area contributed by atoms with Crippen molar-refractivity contribution in [2.45, 2.75) is 51.2 Å². The third kappa shape index (κ3) is 2.81. The highest BCUT2D eigenvalue weighted by Crippen LogP contribution is 2.40. The van der Waals surface area contributed by atoms with E-state index in [1.54, 1.807) is 0 Å². The highest BCUT2D eigenvalue weighted by Gasteiger charge is 2.43. The Labute approximate surface area is 153 Å². The Balaban J connectivity index is 1.47. The first kappa shape index (κ1) is 17.5. The monoisotopic (exact) mass is 358 g/mol. The van der Waals surface area contributed by atoms with E-state index in [9.17, 15) is 19.8 Å². The van der Waals surface area contributed by atoms with Crippen molar-refractivity contribution in [1.29, 1.82) is 0 Å². The Bertz CT molecular complexity index is 744. The number of hydrogen-bond donors (Lipinski definition) is 3. The van der Waals surface area contributed by atoms with Crippen LogP contribution in [0, 0.1) is 25.7 Å². The molecule has 5 atom stereocenters. The molecule has 0 aromatic heterocycles. The Morgan fingerprint density at radius 3 is 2.38 bits per heavy atom. The largest absolute Gasteiger partial charge is 0.390 e. The predicted octanol–water partition coefficient (Wildman–Crippen LogP) is 1.32. The summed E-state index contributed by atoms with van der Waals surface area (Å²) in [4.78, 5) is 27.1. The van der Waals surface area contributed by atoms with E-state index in [-0.39, 0.29) is 30.1 Å². The second-order valence-corrected chi connectivity index (χ2v) is 8.14. The van der Waals surface area contributed by atoms with E-state index in [0.717, 1.165) is 22.4 Å². The van der Waals surface area contributed by atoms with E-state index in [1.807, 2.05) is 30.9 Å². The molecule has 6 nitrogen and oxygen atoms in total. The number of amides is 2. The van der Waals surface area contributed by atoms with Crippen LogP contribution in [-0.4, -0.2) is 52.2 Å². The summed E-state index contributed by atoms with van der Waals surface area (Å²) in [6, 6.07) is 3.95. The zero-order valence-electron chi connectivity index (χ0n) is 15.2. The van der Waals surface area contributed by atoms with Crippen LogP contribution in [0.4, 0.5) is 5.69 Å². The SMILES string of the molecule is Cc1ccc2c(c1C)NC(=O)C2CC(=O)N1C[C@H]2C[C@H](O)[C@H](O)C[C@H]2C1. The molecule has 3 N–H and O–H groups in total. The van der Waals surface area contributed by atoms with Crippen LogP contribution in [0.1, 0.15) is 41.9 Å². The summed E-state index contributed by atoms with van der Waals surface area (Å²) >= 11 is 0. The summed E-state index contributed by atoms with van der Waals surface area (Å²) in [6.45, 7) is 5.22. The summed E-state index contributed by atoms with van der Waals surface area (Å²) in [5.74, 6) is -0.0754. The van der Waals surface area contributed by atoms with Crippen LogP contribution in [0.2, 0.25) is 0 Å². The minimum Gasteiger partial charge on any atom is -0.390 e. The van der Waals surface area contributed by atoms with Gasteiger partial charge in [0.15, 0.2) is 0 Å². The summed E-state index contributed by atoms with van der Waals surface area (Å²) in [7, 11) is 0. The van der Waals surface area contributed by atoms with Gasteiger partial charge in [-0.2, -0.15) is 0 Å². The number of aliphatic hydroxyl groups excluding tert-OH is 2. The number of fused-ring (bicyclic) bond motifs is 2. The number of aliphatic hydroxyl groups is 2. The van der Waals surface area contributed by atoms with Crippen LogP contribution in [0.15, 0.2) is 12.1 Å². The highest BCUT2D eigenvalue weighted by molar-refractivity contribution is 6.05. The number of rotatable bonds is 2. The molecule has 1 aromatic carbocycles. The molecule has 2 fully saturated rings. The van der Waals surface area contributed by atoms with Gasteiger partial charge in [0.2, 0.25) is 11.8 Å². The van der Waals surface area contributed by atoms with E-state index in [4.69, 9.17) is 0 Å². The van der Waals surface area contributed by atoms with Crippen molar-refractivity contribution in [1.82, 2.24) is 4.90 Å². The van der Waals surface area contributed by atoms with Gasteiger partial charge < -0.3 is 20.4 Å². The minimum absolute atomic E-state index is 0.0189. The number of likely N-dealkylation sites (tertiary alicyclic amines) is 1. The maximum atomic E-state index is 12.8. The van der Waals surface area contributed by atoms with Crippen LogP contribution >= 0.6 is 0 Å². The summed E-state index contributed by atoms with van der Waals surface area (Å²) < 4.78 is 0. The summed E-state index contributed by atoms with van der Waals surface area (Å²) in [6.07, 6.45) is -0.122. The van der Waals surface area contributed by atoms with Crippen molar-refractivity contribution in [3.63, 3.8) is 0 Å². The molecule has 0 radical (unpaired) electrons. The lowest BCUT2D eigenvalue weighted by molar-refractivity contribution is -0.132. The molecule has 0 spiro atoms. The lowest BCUT2D eigenvalue weighted by atomic mass is 9.79. The standard InChI is InChI=1S/C20H26N2O4/c1-10-3-4-14-15(20(26)21-19(14)11(10)2)7-18(25)22-8-12-5-16(23)17(24)6-13(12)9-22/h3-4,12-13,15-17,23-24H,5-9H2,1-2H3,(H,21,26)/t12-,13+,15?,16+,17-. The maximum Gasteiger partial charge on any atom is 0.232 e. The van der Waals surface area contributed by atoms with E-state index in [1.165, 1.54) is 0 Å². The lowest BCUT2D eigenvalue weighted by Gasteiger charge is -2.31. The fraction of sp³-hybridized carbons (Fsp3) is 0.600. The molecule has 26 heavy (non-hydrogen) atoms. The Hall–Kier alpha value is -1.92. The Morgan fingerprint density at radius 2 is 1.77 bits per heavy atom. The normalized spacial score (nSPS) is 33.0. The molecule has 4 rings (SSSR count). The minimum atomic E-state index is -0.690. The molecule has 2 heterocycles. The molecule has 0 bridgehead atoms. The molecule has 6 heteroatoms. The molecule has 1 saturated heterocycles. The third-order valence-electron chi connectivity index (χ3n) is 6.55. The number of aryl methyl sites for hydroxylation is 1. The van der Waals surface area contributed by atoms with Crippen LogP contribution in [-0.2, 0) is 9.59 Å². The van der Waals surface area contributed by atoms with Gasteiger partial charge in [-0.15, -0.1) is 0 Å². The van der Waals surface area contributed by atoms with Gasteiger partial charge in [-0.3, -0.25) is 9.59 Å². The van der Waals surface area contributed by atoms with Gasteiger partial charge in [0.05, 0.1) is 18.1 Å². The van der Waals surface area contributed by atoms with Crippen molar-refractivity contribution in [3.05, 3.63) is 28.8 Å². The van der Waals surface area contributed by atoms with E-state index < -0.39 is 18.1 Å². The number of carbonyl (C=O) groups is 2. The van der Waals surface area contributed by atoms with Crippen molar-refractivity contribution in [2.24, 2.45) is 11.8 Å². The molecule has 2 amide bonds. The molecule has 1 unspecified atom stereocenters. The first-order valence-electron chi connectivity index (χ1n) is 9.40. The lowest BCUT2D eigenvalue weighted by Crippen LogP contribution is -2.38. The van der Waals surface area contributed by atoms with Crippen LogP contribution < -0.4 is 5.32 Å². The van der Waals surface area contributed by atoms with Gasteiger partial charge in [-0.1, -0.05) is 12.1 Å². The van der Waals surface area contributed by atoms with E-state index >= 15 is 0 Å². The van der Waals surface area contributed by atoms with Gasteiger partial charge in [-0.25, -0.2) is 0 Å². The van der Waals surface area contributed by atoms with Gasteiger partial charge >= 0.3 is 0 Å². The number of nitrogens with zero attached hydrogens (tertiary/aromatic N) is 1. The molecule has 1 aromatic rings. The average molecular weight is 358 g/mol. The molecule has 140 valence electrons. The predicted molar refractivity (Wildman–Crippen MR) is 96.7 cm³/mol. The number of carbonyl (C=O) groups excluding carboxylic acids is 2. The van der Waals surface area contributed by atoms with E-state index in [2.05, 4.69) is 5.32 Å². The molecular formula is C20H26N2O4. The first-order valence-corrected chi connectivity index (χ1v) is 9.40. The van der Waals surface area contributed by atoms with Gasteiger partial charge in [-0.05, 0) is 55.2 Å². The topological polar surface area (TPSA) is 89.9 Å². The molecular weight excluding hydrogens is 332 g/mol. The highest BCUT2D eigenvalue weighted by atomic mass is 16.3. The number of hydrogen-bond acceptors (Lipinski definition) is 4. The van der Waals surface area contributed by atoms with Gasteiger partial charge in [0.25, 0.3) is 0 Å². The molecule has 1 aliphatic carbocycles. The van der Waals surface area contributed by atoms with Crippen LogP contribution in [0.25, 0.3) is 0 Å². The average Bonchev–Trinajstić information content (AvgIpc) is 3.13. The smallest absolute Gasteiger partial charge is 0.232 e. The van der Waals surface area contributed by atoms with Crippen molar-refractivity contribution in [2.75, 3.05) is 18.4 Å². The first-order chi connectivity index (χ1) is 12.3. The second-order valence-electron chi connectivity index (χ2n) is 8.14. The van der Waals surface area contributed by atoms with Crippen LogP contribution in [0.3, 0.4) is 0 Å². The van der Waals surface area contributed by atoms with Gasteiger partial charge in [0, 0.05) is 25.2 Å². The summed E-state index contributed by atoms with van der Waals surface area (Å²) in [5.41, 5.74) is 3.95. The van der Waals surface area contributed by atoms with Crippen molar-refractivity contribution in [3.8, 4) is 0 Å². The summed E-state index contributed by atoms with van der Waals surface area (Å²) in [5, 5.41) is 22.7. The van der Waals surface area contributed by atoms with Crippen molar-refractivity contribution >= 4 is 17.5 Å². The quantitative estimate of drug-likeness (QED) is 0.744. The fourth-order valence-electron chi connectivity index (χ4n) is 4.76. The number of anilines is 1. The Kier molecular flexibility index (Phi) is 4.28. The number of nitrogens with one attached hydrogen (secondary N) is 1. The van der Waals surface area contributed by atoms with Crippen LogP contribution in [0.5, 0.6) is 0 Å². The van der Waals surface area contributed by atoms with E-state index in [0.29, 0.717) is 25.9 Å².